The molecule has 0 radical (unpaired) electrons. The first-order valence-electron chi connectivity index (χ1n) is 31.0. The van der Waals surface area contributed by atoms with Crippen molar-refractivity contribution in [1.82, 2.24) is 5.32 Å². The van der Waals surface area contributed by atoms with Crippen LogP contribution >= 0.6 is 0 Å². The number of unbranched alkanes of at least 4 members (excludes halogenated alkanes) is 47. The van der Waals surface area contributed by atoms with Crippen LogP contribution in [0.25, 0.3) is 0 Å². The Kier molecular flexibility index (Phi) is 57.0. The number of aliphatic hydroxyl groups is 2. The molecular formula is C62H121NO5. The van der Waals surface area contributed by atoms with E-state index < -0.39 is 12.1 Å². The lowest BCUT2D eigenvalue weighted by Crippen LogP contribution is -2.45. The van der Waals surface area contributed by atoms with Gasteiger partial charge in [-0.15, -0.1) is 0 Å². The summed E-state index contributed by atoms with van der Waals surface area (Å²) in [6, 6.07) is -0.629. The van der Waals surface area contributed by atoms with Crippen LogP contribution in [0.4, 0.5) is 0 Å². The van der Waals surface area contributed by atoms with Gasteiger partial charge in [-0.2, -0.15) is 0 Å². The minimum Gasteiger partial charge on any atom is -0.466 e. The molecule has 3 N–H and O–H groups in total. The molecule has 0 saturated heterocycles. The Balaban J connectivity index is 3.42. The van der Waals surface area contributed by atoms with E-state index in [0.29, 0.717) is 19.4 Å². The van der Waals surface area contributed by atoms with Gasteiger partial charge in [0.15, 0.2) is 0 Å². The molecule has 0 aromatic rings. The van der Waals surface area contributed by atoms with Crippen LogP contribution in [-0.4, -0.2) is 47.4 Å². The topological polar surface area (TPSA) is 95.9 Å². The Morgan fingerprint density at radius 3 is 1.00 bits per heavy atom. The smallest absolute Gasteiger partial charge is 0.305 e. The fraction of sp³-hybridized carbons (Fsp3) is 0.935. The maximum absolute atomic E-state index is 12.5. The van der Waals surface area contributed by atoms with Crippen molar-refractivity contribution in [1.29, 1.82) is 0 Å². The van der Waals surface area contributed by atoms with Crippen molar-refractivity contribution in [3.8, 4) is 0 Å². The zero-order valence-corrected chi connectivity index (χ0v) is 46.1. The number of carbonyl (C=O) groups is 2. The molecule has 1 amide bonds. The monoisotopic (exact) mass is 960 g/mol. The molecular weight excluding hydrogens is 839 g/mol. The predicted molar refractivity (Wildman–Crippen MR) is 297 cm³/mol. The van der Waals surface area contributed by atoms with Gasteiger partial charge in [0, 0.05) is 12.8 Å². The molecule has 0 saturated carbocycles. The Labute approximate surface area is 425 Å². The van der Waals surface area contributed by atoms with E-state index in [-0.39, 0.29) is 18.5 Å². The van der Waals surface area contributed by atoms with Crippen LogP contribution in [0.2, 0.25) is 0 Å². The third-order valence-corrected chi connectivity index (χ3v) is 14.6. The molecule has 2 unspecified atom stereocenters. The average molecular weight is 961 g/mol. The molecule has 0 aliphatic rings. The lowest BCUT2D eigenvalue weighted by molar-refractivity contribution is -0.143. The third-order valence-electron chi connectivity index (χ3n) is 14.6. The van der Waals surface area contributed by atoms with Crippen LogP contribution in [0, 0.1) is 0 Å². The third kappa shape index (κ3) is 53.9. The van der Waals surface area contributed by atoms with Crippen LogP contribution in [0.3, 0.4) is 0 Å². The van der Waals surface area contributed by atoms with Gasteiger partial charge in [-0.25, -0.2) is 0 Å². The van der Waals surface area contributed by atoms with Crippen molar-refractivity contribution in [2.45, 2.75) is 360 Å². The van der Waals surface area contributed by atoms with Crippen LogP contribution in [-0.2, 0) is 14.3 Å². The van der Waals surface area contributed by atoms with E-state index in [9.17, 15) is 19.8 Å². The first-order chi connectivity index (χ1) is 33.5. The summed E-state index contributed by atoms with van der Waals surface area (Å²) in [4.78, 5) is 24.5. The highest BCUT2D eigenvalue weighted by atomic mass is 16.5. The van der Waals surface area contributed by atoms with Crippen molar-refractivity contribution in [3.05, 3.63) is 12.2 Å². The normalized spacial score (nSPS) is 12.6. The van der Waals surface area contributed by atoms with E-state index in [2.05, 4.69) is 19.2 Å². The first kappa shape index (κ1) is 66.6. The molecule has 0 aliphatic heterocycles. The molecule has 68 heavy (non-hydrogen) atoms. The number of nitrogens with one attached hydrogen (secondary N) is 1. The standard InChI is InChI=1S/C62H121NO5/c1-3-5-7-9-11-13-15-17-18-19-22-25-28-31-34-38-42-46-50-54-60(65)59(58-64)63-61(66)55-51-47-43-39-35-32-29-26-23-20-21-24-27-30-33-37-41-45-49-53-57-68-62(67)56-52-48-44-40-36-16-14-12-10-8-6-4-2/h50,54,59-60,64-65H,3-49,51-53,55-58H2,1-2H3,(H,63,66)/b54-50+. The predicted octanol–water partition coefficient (Wildman–Crippen LogP) is 19.2. The number of ether oxygens (including phenoxy) is 1. The van der Waals surface area contributed by atoms with Crippen molar-refractivity contribution < 1.29 is 24.5 Å². The number of esters is 1. The second-order valence-electron chi connectivity index (χ2n) is 21.4. The quantitative estimate of drug-likeness (QED) is 0.0321. The maximum Gasteiger partial charge on any atom is 0.305 e. The molecule has 0 spiro atoms. The second kappa shape index (κ2) is 58.2. The van der Waals surface area contributed by atoms with E-state index in [4.69, 9.17) is 4.74 Å². The van der Waals surface area contributed by atoms with Gasteiger partial charge in [0.05, 0.1) is 25.4 Å². The lowest BCUT2D eigenvalue weighted by Gasteiger charge is -2.20. The zero-order valence-electron chi connectivity index (χ0n) is 46.1. The molecule has 0 aromatic carbocycles. The Hall–Kier alpha value is -1.40. The lowest BCUT2D eigenvalue weighted by atomic mass is 10.0. The SMILES string of the molecule is CCCCCCCCCCCCCCCCCCC/C=C/C(O)C(CO)NC(=O)CCCCCCCCCCCCCCCCCCCCCCOC(=O)CCCCCCCCCCCCCC. The van der Waals surface area contributed by atoms with Crippen molar-refractivity contribution in [2.24, 2.45) is 0 Å². The maximum atomic E-state index is 12.5. The van der Waals surface area contributed by atoms with Crippen LogP contribution in [0.15, 0.2) is 12.2 Å². The molecule has 0 heterocycles. The van der Waals surface area contributed by atoms with Gasteiger partial charge >= 0.3 is 5.97 Å². The highest BCUT2D eigenvalue weighted by Crippen LogP contribution is 2.18. The van der Waals surface area contributed by atoms with Gasteiger partial charge in [-0.05, 0) is 32.1 Å². The van der Waals surface area contributed by atoms with E-state index in [1.807, 2.05) is 6.08 Å². The summed E-state index contributed by atoms with van der Waals surface area (Å²) in [5, 5.41) is 23.2. The molecule has 0 fully saturated rings. The number of hydrogen-bond acceptors (Lipinski definition) is 5. The summed E-state index contributed by atoms with van der Waals surface area (Å²) in [5.41, 5.74) is 0. The number of allylic oxidation sites excluding steroid dienone is 1. The summed E-state index contributed by atoms with van der Waals surface area (Å²) in [6.45, 7) is 4.93. The molecule has 404 valence electrons. The molecule has 0 bridgehead atoms. The number of carbonyl (C=O) groups excluding carboxylic acids is 2. The largest absolute Gasteiger partial charge is 0.466 e. The summed E-state index contributed by atoms with van der Waals surface area (Å²) in [7, 11) is 0. The minimum absolute atomic E-state index is 0.0113. The Morgan fingerprint density at radius 2 is 0.676 bits per heavy atom. The minimum atomic E-state index is -0.845. The molecule has 0 aliphatic carbocycles. The van der Waals surface area contributed by atoms with E-state index in [1.165, 1.54) is 283 Å². The zero-order chi connectivity index (χ0) is 49.3. The van der Waals surface area contributed by atoms with Crippen molar-refractivity contribution in [2.75, 3.05) is 13.2 Å². The van der Waals surface area contributed by atoms with Gasteiger partial charge in [-0.1, -0.05) is 315 Å². The average Bonchev–Trinajstić information content (AvgIpc) is 3.34. The number of aliphatic hydroxyl groups excluding tert-OH is 2. The van der Waals surface area contributed by atoms with Crippen LogP contribution in [0.1, 0.15) is 348 Å². The van der Waals surface area contributed by atoms with Crippen molar-refractivity contribution >= 4 is 11.9 Å². The molecule has 2 atom stereocenters. The molecule has 0 aromatic heterocycles. The van der Waals surface area contributed by atoms with Crippen LogP contribution in [0.5, 0.6) is 0 Å². The Bertz CT molecular complexity index is 1020. The summed E-state index contributed by atoms with van der Waals surface area (Å²) in [5.74, 6) is -0.0551. The highest BCUT2D eigenvalue weighted by molar-refractivity contribution is 5.76. The van der Waals surface area contributed by atoms with Gasteiger partial charge in [-0.3, -0.25) is 9.59 Å². The fourth-order valence-electron chi connectivity index (χ4n) is 9.81. The number of rotatable bonds is 58. The van der Waals surface area contributed by atoms with Gasteiger partial charge < -0.3 is 20.3 Å². The fourth-order valence-corrected chi connectivity index (χ4v) is 9.81. The van der Waals surface area contributed by atoms with E-state index in [0.717, 1.165) is 38.5 Å². The van der Waals surface area contributed by atoms with E-state index in [1.54, 1.807) is 6.08 Å². The van der Waals surface area contributed by atoms with Gasteiger partial charge in [0.1, 0.15) is 0 Å². The molecule has 0 rings (SSSR count). The second-order valence-corrected chi connectivity index (χ2v) is 21.4. The summed E-state index contributed by atoms with van der Waals surface area (Å²) >= 11 is 0. The van der Waals surface area contributed by atoms with Gasteiger partial charge in [0.2, 0.25) is 5.91 Å². The highest BCUT2D eigenvalue weighted by Gasteiger charge is 2.18. The summed E-state index contributed by atoms with van der Waals surface area (Å²) < 4.78 is 5.47. The Morgan fingerprint density at radius 1 is 0.397 bits per heavy atom. The van der Waals surface area contributed by atoms with Gasteiger partial charge in [0.25, 0.3) is 0 Å². The molecule has 6 heteroatoms. The van der Waals surface area contributed by atoms with Crippen molar-refractivity contribution in [3.63, 3.8) is 0 Å². The van der Waals surface area contributed by atoms with Crippen LogP contribution < -0.4 is 5.32 Å². The number of amides is 1. The number of hydrogen-bond donors (Lipinski definition) is 3. The van der Waals surface area contributed by atoms with E-state index >= 15 is 0 Å². The first-order valence-corrected chi connectivity index (χ1v) is 31.0. The molecule has 6 nitrogen and oxygen atoms in total. The summed E-state index contributed by atoms with van der Waals surface area (Å²) in [6.07, 6.45) is 69.6.